The standard InChI is InChI=1S/C7H6Cl2F2N2/c8-2-3-1-4(6(10)11)13-7(12)5(3)9/h1,6H,2H2,(H2,12,13). The van der Waals surface area contributed by atoms with E-state index in [9.17, 15) is 8.78 Å². The molecule has 2 nitrogen and oxygen atoms in total. The van der Waals surface area contributed by atoms with Gasteiger partial charge in [0.1, 0.15) is 11.5 Å². The van der Waals surface area contributed by atoms with Crippen molar-refractivity contribution in [1.29, 1.82) is 0 Å². The van der Waals surface area contributed by atoms with Crippen LogP contribution in [0.4, 0.5) is 14.6 Å². The van der Waals surface area contributed by atoms with Crippen molar-refractivity contribution >= 4 is 29.0 Å². The number of pyridine rings is 1. The van der Waals surface area contributed by atoms with Crippen LogP contribution in [0.15, 0.2) is 6.07 Å². The fraction of sp³-hybridized carbons (Fsp3) is 0.286. The van der Waals surface area contributed by atoms with Crippen LogP contribution in [0, 0.1) is 0 Å². The Labute approximate surface area is 83.7 Å². The van der Waals surface area contributed by atoms with E-state index in [1.165, 1.54) is 0 Å². The van der Waals surface area contributed by atoms with Gasteiger partial charge in [-0.1, -0.05) is 11.6 Å². The van der Waals surface area contributed by atoms with E-state index in [1.54, 1.807) is 0 Å². The van der Waals surface area contributed by atoms with Gasteiger partial charge in [0, 0.05) is 5.88 Å². The van der Waals surface area contributed by atoms with Crippen LogP contribution in [0.2, 0.25) is 5.02 Å². The van der Waals surface area contributed by atoms with Crippen LogP contribution < -0.4 is 5.73 Å². The molecule has 1 rings (SSSR count). The van der Waals surface area contributed by atoms with Crippen LogP contribution in [0.1, 0.15) is 17.7 Å². The molecule has 0 unspecified atom stereocenters. The van der Waals surface area contributed by atoms with Gasteiger partial charge in [0.15, 0.2) is 0 Å². The summed E-state index contributed by atoms with van der Waals surface area (Å²) in [6, 6.07) is 1.15. The molecule has 0 saturated heterocycles. The summed E-state index contributed by atoms with van der Waals surface area (Å²) in [5.41, 5.74) is 5.26. The molecule has 1 aromatic rings. The number of anilines is 1. The third-order valence-electron chi connectivity index (χ3n) is 1.45. The lowest BCUT2D eigenvalue weighted by molar-refractivity contribution is 0.146. The average molecular weight is 227 g/mol. The molecule has 1 heterocycles. The summed E-state index contributed by atoms with van der Waals surface area (Å²) >= 11 is 11.1. The summed E-state index contributed by atoms with van der Waals surface area (Å²) in [6.45, 7) is 0. The topological polar surface area (TPSA) is 38.9 Å². The number of halogens is 4. The van der Waals surface area contributed by atoms with Gasteiger partial charge < -0.3 is 5.73 Å². The first kappa shape index (κ1) is 10.5. The van der Waals surface area contributed by atoms with Crippen LogP contribution >= 0.6 is 23.2 Å². The van der Waals surface area contributed by atoms with Gasteiger partial charge in [-0.15, -0.1) is 11.6 Å². The van der Waals surface area contributed by atoms with Gasteiger partial charge in [-0.2, -0.15) is 0 Å². The maximum atomic E-state index is 12.2. The van der Waals surface area contributed by atoms with Gasteiger partial charge in [0.25, 0.3) is 6.43 Å². The Morgan fingerprint density at radius 1 is 1.54 bits per heavy atom. The van der Waals surface area contributed by atoms with Crippen molar-refractivity contribution in [3.63, 3.8) is 0 Å². The van der Waals surface area contributed by atoms with E-state index < -0.39 is 12.1 Å². The van der Waals surface area contributed by atoms with Crippen molar-refractivity contribution in [2.45, 2.75) is 12.3 Å². The Balaban J connectivity index is 3.22. The molecule has 0 fully saturated rings. The summed E-state index contributed by atoms with van der Waals surface area (Å²) in [5, 5.41) is 0.138. The Bertz CT molecular complexity index is 318. The monoisotopic (exact) mass is 226 g/mol. The second-order valence-corrected chi connectivity index (χ2v) is 2.99. The zero-order valence-corrected chi connectivity index (χ0v) is 7.91. The Kier molecular flexibility index (Phi) is 3.27. The second-order valence-electron chi connectivity index (χ2n) is 2.34. The highest BCUT2D eigenvalue weighted by atomic mass is 35.5. The van der Waals surface area contributed by atoms with Crippen LogP contribution in [-0.4, -0.2) is 4.98 Å². The molecule has 0 saturated carbocycles. The molecule has 0 aromatic carbocycles. The highest BCUT2D eigenvalue weighted by molar-refractivity contribution is 6.34. The average Bonchev–Trinajstić information content (AvgIpc) is 2.09. The molecule has 0 aliphatic carbocycles. The molecule has 72 valence electrons. The number of aromatic nitrogens is 1. The number of nitrogen functional groups attached to an aromatic ring is 1. The predicted molar refractivity (Wildman–Crippen MR) is 48.2 cm³/mol. The molecule has 0 amide bonds. The smallest absolute Gasteiger partial charge is 0.280 e. The predicted octanol–water partition coefficient (Wildman–Crippen LogP) is 2.99. The van der Waals surface area contributed by atoms with Gasteiger partial charge >= 0.3 is 0 Å². The molecular formula is C7H6Cl2F2N2. The fourth-order valence-corrected chi connectivity index (χ4v) is 1.28. The summed E-state index contributed by atoms with van der Waals surface area (Å²) in [4.78, 5) is 3.42. The summed E-state index contributed by atoms with van der Waals surface area (Å²) < 4.78 is 24.4. The minimum Gasteiger partial charge on any atom is -0.382 e. The lowest BCUT2D eigenvalue weighted by atomic mass is 10.2. The largest absolute Gasteiger partial charge is 0.382 e. The van der Waals surface area contributed by atoms with E-state index in [4.69, 9.17) is 28.9 Å². The van der Waals surface area contributed by atoms with Gasteiger partial charge in [-0.25, -0.2) is 13.8 Å². The summed E-state index contributed by atoms with van der Waals surface area (Å²) in [6.07, 6.45) is -2.67. The van der Waals surface area contributed by atoms with Crippen LogP contribution in [0.3, 0.4) is 0 Å². The van der Waals surface area contributed by atoms with Gasteiger partial charge in [0.05, 0.1) is 5.02 Å². The summed E-state index contributed by atoms with van der Waals surface area (Å²) in [5.74, 6) is -0.0826. The molecule has 1 aromatic heterocycles. The number of hydrogen-bond donors (Lipinski definition) is 1. The van der Waals surface area contributed by atoms with Crippen molar-refractivity contribution in [3.8, 4) is 0 Å². The van der Waals surface area contributed by atoms with E-state index >= 15 is 0 Å². The molecule has 2 N–H and O–H groups in total. The van der Waals surface area contributed by atoms with Gasteiger partial charge in [-0.05, 0) is 11.6 Å². The van der Waals surface area contributed by atoms with E-state index in [0.717, 1.165) is 6.07 Å². The maximum Gasteiger partial charge on any atom is 0.280 e. The SMILES string of the molecule is Nc1nc(C(F)F)cc(CCl)c1Cl. The molecule has 6 heteroatoms. The lowest BCUT2D eigenvalue weighted by Gasteiger charge is -2.06. The highest BCUT2D eigenvalue weighted by Crippen LogP contribution is 2.27. The third-order valence-corrected chi connectivity index (χ3v) is 2.17. The second kappa shape index (κ2) is 4.07. The third kappa shape index (κ3) is 2.19. The number of hydrogen-bond acceptors (Lipinski definition) is 2. The van der Waals surface area contributed by atoms with Crippen molar-refractivity contribution in [3.05, 3.63) is 22.3 Å². The molecule has 0 aliphatic rings. The molecule has 13 heavy (non-hydrogen) atoms. The summed E-state index contributed by atoms with van der Waals surface area (Å²) in [7, 11) is 0. The quantitative estimate of drug-likeness (QED) is 0.788. The number of rotatable bonds is 2. The Morgan fingerprint density at radius 3 is 2.62 bits per heavy atom. The first-order valence-electron chi connectivity index (χ1n) is 3.35. The number of nitrogens with two attached hydrogens (primary N) is 1. The first-order valence-corrected chi connectivity index (χ1v) is 4.26. The fourth-order valence-electron chi connectivity index (χ4n) is 0.836. The van der Waals surface area contributed by atoms with Crippen molar-refractivity contribution in [1.82, 2.24) is 4.98 Å². The van der Waals surface area contributed by atoms with E-state index in [2.05, 4.69) is 4.98 Å². The molecular weight excluding hydrogens is 221 g/mol. The molecule has 0 aliphatic heterocycles. The van der Waals surface area contributed by atoms with Crippen LogP contribution in [0.5, 0.6) is 0 Å². The molecule has 0 atom stereocenters. The highest BCUT2D eigenvalue weighted by Gasteiger charge is 2.14. The number of nitrogens with zero attached hydrogens (tertiary/aromatic N) is 1. The van der Waals surface area contributed by atoms with E-state index in [0.29, 0.717) is 5.56 Å². The van der Waals surface area contributed by atoms with Crippen molar-refractivity contribution in [2.24, 2.45) is 0 Å². The van der Waals surface area contributed by atoms with Crippen molar-refractivity contribution < 1.29 is 8.78 Å². The van der Waals surface area contributed by atoms with E-state index in [1.807, 2.05) is 0 Å². The minimum atomic E-state index is -2.67. The lowest BCUT2D eigenvalue weighted by Crippen LogP contribution is -2.00. The number of alkyl halides is 3. The van der Waals surface area contributed by atoms with Crippen LogP contribution in [-0.2, 0) is 5.88 Å². The Morgan fingerprint density at radius 2 is 2.15 bits per heavy atom. The first-order chi connectivity index (χ1) is 6.06. The van der Waals surface area contributed by atoms with Crippen LogP contribution in [0.25, 0.3) is 0 Å². The maximum absolute atomic E-state index is 12.2. The van der Waals surface area contributed by atoms with Gasteiger partial charge in [0.2, 0.25) is 0 Å². The Hall–Kier alpha value is -0.610. The zero-order chi connectivity index (χ0) is 10.0. The van der Waals surface area contributed by atoms with Gasteiger partial charge in [-0.3, -0.25) is 0 Å². The molecule has 0 bridgehead atoms. The van der Waals surface area contributed by atoms with E-state index in [-0.39, 0.29) is 16.7 Å². The van der Waals surface area contributed by atoms with Crippen molar-refractivity contribution in [2.75, 3.05) is 5.73 Å². The minimum absolute atomic E-state index is 0.0330. The normalized spacial score (nSPS) is 10.8. The molecule has 0 spiro atoms. The molecule has 0 radical (unpaired) electrons. The zero-order valence-electron chi connectivity index (χ0n) is 6.40.